The monoisotopic (exact) mass is 246 g/mol. The number of rotatable bonds is 3. The normalized spacial score (nSPS) is 11.6. The predicted molar refractivity (Wildman–Crippen MR) is 70.1 cm³/mol. The lowest BCUT2D eigenvalue weighted by Crippen LogP contribution is -2.16. The molecule has 1 aromatic carbocycles. The molecule has 1 N–H and O–H groups in total. The van der Waals surface area contributed by atoms with Gasteiger partial charge in [-0.15, -0.1) is 0 Å². The molecular formula is C14H18N2O2. The van der Waals surface area contributed by atoms with Crippen molar-refractivity contribution < 1.29 is 9.84 Å². The molecule has 0 aliphatic rings. The fourth-order valence-electron chi connectivity index (χ4n) is 2.06. The van der Waals surface area contributed by atoms with Crippen molar-refractivity contribution in [1.29, 1.82) is 0 Å². The first-order valence-corrected chi connectivity index (χ1v) is 5.86. The smallest absolute Gasteiger partial charge is 0.144 e. The number of para-hydroxylation sites is 2. The summed E-state index contributed by atoms with van der Waals surface area (Å²) in [6.45, 7) is 5.44. The van der Waals surface area contributed by atoms with Gasteiger partial charge < -0.3 is 9.84 Å². The minimum Gasteiger partial charge on any atom is -0.494 e. The second-order valence-electron chi connectivity index (χ2n) is 4.79. The van der Waals surface area contributed by atoms with Gasteiger partial charge in [-0.3, -0.25) is 0 Å². The molecule has 0 radical (unpaired) electrons. The van der Waals surface area contributed by atoms with Crippen molar-refractivity contribution in [3.05, 3.63) is 41.7 Å². The van der Waals surface area contributed by atoms with E-state index >= 15 is 0 Å². The Labute approximate surface area is 107 Å². The average molecular weight is 246 g/mol. The standard InChI is InChI=1S/C14H18N2O2/c1-10-11(14(2,3)17)9-15-16(10)12-7-5-6-8-13(12)18-4/h5-9,17H,1-4H3. The Kier molecular flexibility index (Phi) is 3.13. The molecular weight excluding hydrogens is 228 g/mol. The third-order valence-corrected chi connectivity index (χ3v) is 2.98. The van der Waals surface area contributed by atoms with E-state index < -0.39 is 5.60 Å². The highest BCUT2D eigenvalue weighted by Gasteiger charge is 2.23. The molecule has 1 heterocycles. The minimum atomic E-state index is -0.898. The van der Waals surface area contributed by atoms with Crippen molar-refractivity contribution in [3.8, 4) is 11.4 Å². The van der Waals surface area contributed by atoms with Crippen molar-refractivity contribution >= 4 is 0 Å². The van der Waals surface area contributed by atoms with Gasteiger partial charge in [0.2, 0.25) is 0 Å². The van der Waals surface area contributed by atoms with Crippen LogP contribution < -0.4 is 4.74 Å². The van der Waals surface area contributed by atoms with Crippen molar-refractivity contribution in [2.45, 2.75) is 26.4 Å². The lowest BCUT2D eigenvalue weighted by Gasteiger charge is -2.17. The minimum absolute atomic E-state index is 0.756. The van der Waals surface area contributed by atoms with Gasteiger partial charge in [-0.25, -0.2) is 4.68 Å². The van der Waals surface area contributed by atoms with Crippen molar-refractivity contribution in [1.82, 2.24) is 9.78 Å². The van der Waals surface area contributed by atoms with Gasteiger partial charge in [-0.05, 0) is 32.9 Å². The van der Waals surface area contributed by atoms with Crippen LogP contribution in [0.3, 0.4) is 0 Å². The van der Waals surface area contributed by atoms with Crippen LogP contribution in [0.25, 0.3) is 5.69 Å². The molecule has 0 unspecified atom stereocenters. The maximum absolute atomic E-state index is 10.1. The fourth-order valence-corrected chi connectivity index (χ4v) is 2.06. The van der Waals surface area contributed by atoms with Gasteiger partial charge >= 0.3 is 0 Å². The van der Waals surface area contributed by atoms with E-state index in [4.69, 9.17) is 4.74 Å². The highest BCUT2D eigenvalue weighted by molar-refractivity contribution is 5.47. The Morgan fingerprint density at radius 1 is 1.28 bits per heavy atom. The zero-order chi connectivity index (χ0) is 13.3. The SMILES string of the molecule is COc1ccccc1-n1ncc(C(C)(C)O)c1C. The van der Waals surface area contributed by atoms with Crippen LogP contribution in [-0.2, 0) is 5.60 Å². The van der Waals surface area contributed by atoms with Gasteiger partial charge in [-0.1, -0.05) is 12.1 Å². The average Bonchev–Trinajstić information content (AvgIpc) is 2.70. The van der Waals surface area contributed by atoms with E-state index in [9.17, 15) is 5.11 Å². The molecule has 18 heavy (non-hydrogen) atoms. The predicted octanol–water partition coefficient (Wildman–Crippen LogP) is 2.42. The third kappa shape index (κ3) is 2.11. The van der Waals surface area contributed by atoms with Crippen LogP contribution in [0.4, 0.5) is 0 Å². The summed E-state index contributed by atoms with van der Waals surface area (Å²) in [5, 5.41) is 14.4. The third-order valence-electron chi connectivity index (χ3n) is 2.98. The van der Waals surface area contributed by atoms with E-state index in [1.54, 1.807) is 31.8 Å². The number of hydrogen-bond acceptors (Lipinski definition) is 3. The molecule has 2 rings (SSSR count). The van der Waals surface area contributed by atoms with E-state index in [0.717, 1.165) is 22.7 Å². The van der Waals surface area contributed by atoms with Crippen molar-refractivity contribution in [2.75, 3.05) is 7.11 Å². The highest BCUT2D eigenvalue weighted by Crippen LogP contribution is 2.28. The number of ether oxygens (including phenoxy) is 1. The fraction of sp³-hybridized carbons (Fsp3) is 0.357. The lowest BCUT2D eigenvalue weighted by molar-refractivity contribution is 0.0779. The highest BCUT2D eigenvalue weighted by atomic mass is 16.5. The Morgan fingerprint density at radius 3 is 2.50 bits per heavy atom. The maximum atomic E-state index is 10.1. The van der Waals surface area contributed by atoms with Gasteiger partial charge in [0.1, 0.15) is 11.4 Å². The number of aliphatic hydroxyl groups is 1. The molecule has 0 amide bonds. The van der Waals surface area contributed by atoms with Crippen LogP contribution in [0.5, 0.6) is 5.75 Å². The molecule has 0 spiro atoms. The Bertz CT molecular complexity index is 553. The molecule has 96 valence electrons. The largest absolute Gasteiger partial charge is 0.494 e. The first-order valence-electron chi connectivity index (χ1n) is 5.86. The van der Waals surface area contributed by atoms with Crippen molar-refractivity contribution in [2.24, 2.45) is 0 Å². The molecule has 0 fully saturated rings. The quantitative estimate of drug-likeness (QED) is 0.904. The van der Waals surface area contributed by atoms with Crippen LogP contribution in [0.1, 0.15) is 25.1 Å². The number of hydrogen-bond donors (Lipinski definition) is 1. The summed E-state index contributed by atoms with van der Waals surface area (Å²) in [7, 11) is 1.63. The van der Waals surface area contributed by atoms with Gasteiger partial charge in [0.15, 0.2) is 0 Å². The van der Waals surface area contributed by atoms with Gasteiger partial charge in [-0.2, -0.15) is 5.10 Å². The summed E-state index contributed by atoms with van der Waals surface area (Å²) in [5.74, 6) is 0.756. The van der Waals surface area contributed by atoms with Gasteiger partial charge in [0.25, 0.3) is 0 Å². The Balaban J connectivity index is 2.56. The molecule has 1 aromatic heterocycles. The van der Waals surface area contributed by atoms with E-state index in [0.29, 0.717) is 0 Å². The second kappa shape index (κ2) is 4.46. The van der Waals surface area contributed by atoms with Crippen LogP contribution in [0.15, 0.2) is 30.5 Å². The molecule has 0 saturated heterocycles. The number of aromatic nitrogens is 2. The summed E-state index contributed by atoms with van der Waals surface area (Å²) in [5.41, 5.74) is 1.69. The van der Waals surface area contributed by atoms with Crippen LogP contribution in [0, 0.1) is 6.92 Å². The van der Waals surface area contributed by atoms with E-state index in [2.05, 4.69) is 5.10 Å². The van der Waals surface area contributed by atoms with E-state index in [1.165, 1.54) is 0 Å². The first kappa shape index (κ1) is 12.6. The van der Waals surface area contributed by atoms with E-state index in [1.807, 2.05) is 31.2 Å². The molecule has 4 heteroatoms. The summed E-state index contributed by atoms with van der Waals surface area (Å²) in [6.07, 6.45) is 1.70. The summed E-state index contributed by atoms with van der Waals surface area (Å²) < 4.78 is 7.11. The first-order chi connectivity index (χ1) is 8.45. The molecule has 0 aliphatic heterocycles. The number of nitrogens with zero attached hydrogens (tertiary/aromatic N) is 2. The second-order valence-corrected chi connectivity index (χ2v) is 4.79. The molecule has 2 aromatic rings. The van der Waals surface area contributed by atoms with Crippen LogP contribution >= 0.6 is 0 Å². The molecule has 4 nitrogen and oxygen atoms in total. The van der Waals surface area contributed by atoms with Gasteiger partial charge in [0.05, 0.1) is 18.9 Å². The van der Waals surface area contributed by atoms with Crippen LogP contribution in [-0.4, -0.2) is 22.0 Å². The van der Waals surface area contributed by atoms with Gasteiger partial charge in [0, 0.05) is 11.3 Å². The number of benzene rings is 1. The zero-order valence-corrected chi connectivity index (χ0v) is 11.1. The molecule has 0 aliphatic carbocycles. The summed E-state index contributed by atoms with van der Waals surface area (Å²) in [6, 6.07) is 7.67. The topological polar surface area (TPSA) is 47.3 Å². The van der Waals surface area contributed by atoms with Crippen LogP contribution in [0.2, 0.25) is 0 Å². The lowest BCUT2D eigenvalue weighted by atomic mass is 10.00. The maximum Gasteiger partial charge on any atom is 0.144 e. The number of methoxy groups -OCH3 is 1. The summed E-state index contributed by atoms with van der Waals surface area (Å²) in [4.78, 5) is 0. The van der Waals surface area contributed by atoms with Crippen molar-refractivity contribution in [3.63, 3.8) is 0 Å². The molecule has 0 saturated carbocycles. The Hall–Kier alpha value is -1.81. The molecule has 0 atom stereocenters. The van der Waals surface area contributed by atoms with E-state index in [-0.39, 0.29) is 0 Å². The Morgan fingerprint density at radius 2 is 1.94 bits per heavy atom. The zero-order valence-electron chi connectivity index (χ0n) is 11.1. The summed E-state index contributed by atoms with van der Waals surface area (Å²) >= 11 is 0. The molecule has 0 bridgehead atoms.